The fourth-order valence-electron chi connectivity index (χ4n) is 2.89. The summed E-state index contributed by atoms with van der Waals surface area (Å²) in [6.45, 7) is 8.43. The van der Waals surface area contributed by atoms with Crippen LogP contribution in [-0.2, 0) is 10.3 Å². The lowest BCUT2D eigenvalue weighted by molar-refractivity contribution is -0.0210. The molecule has 2 rings (SSSR count). The average molecular weight is 278 g/mol. The van der Waals surface area contributed by atoms with E-state index in [1.54, 1.807) is 0 Å². The summed E-state index contributed by atoms with van der Waals surface area (Å²) in [6, 6.07) is 10.6. The van der Waals surface area contributed by atoms with Crippen LogP contribution in [0, 0.1) is 0 Å². The predicted octanol–water partition coefficient (Wildman–Crippen LogP) is 1.20. The van der Waals surface area contributed by atoms with Crippen LogP contribution in [-0.4, -0.2) is 55.5 Å². The van der Waals surface area contributed by atoms with Gasteiger partial charge in [0.15, 0.2) is 0 Å². The van der Waals surface area contributed by atoms with E-state index in [0.29, 0.717) is 6.04 Å². The second kappa shape index (κ2) is 7.18. The second-order valence-corrected chi connectivity index (χ2v) is 5.53. The van der Waals surface area contributed by atoms with Crippen LogP contribution >= 0.6 is 0 Å². The molecule has 1 aromatic carbocycles. The zero-order valence-electron chi connectivity index (χ0n) is 12.5. The van der Waals surface area contributed by atoms with Crippen molar-refractivity contribution in [2.75, 3.05) is 39.5 Å². The summed E-state index contributed by atoms with van der Waals surface area (Å²) < 4.78 is 5.50. The molecule has 4 heteroatoms. The van der Waals surface area contributed by atoms with Crippen LogP contribution < -0.4 is 5.32 Å². The van der Waals surface area contributed by atoms with E-state index in [4.69, 9.17) is 4.74 Å². The highest BCUT2D eigenvalue weighted by atomic mass is 16.5. The Labute approximate surface area is 121 Å². The zero-order valence-corrected chi connectivity index (χ0v) is 12.5. The van der Waals surface area contributed by atoms with Gasteiger partial charge in [-0.1, -0.05) is 37.3 Å². The molecule has 112 valence electrons. The van der Waals surface area contributed by atoms with Gasteiger partial charge in [0.1, 0.15) is 0 Å². The zero-order chi connectivity index (χ0) is 14.4. The molecule has 2 unspecified atom stereocenters. The molecule has 0 bridgehead atoms. The standard InChI is InChI=1S/C16H26N2O2/c1-3-17-16(13-19,15-7-5-4-6-8-15)12-18-9-10-20-11-14(18)2/h4-8,14,17,19H,3,9-13H2,1-2H3. The normalized spacial score (nSPS) is 23.4. The van der Waals surface area contributed by atoms with E-state index in [2.05, 4.69) is 36.2 Å². The van der Waals surface area contributed by atoms with Gasteiger partial charge < -0.3 is 15.2 Å². The summed E-state index contributed by atoms with van der Waals surface area (Å²) in [5.41, 5.74) is 0.741. The van der Waals surface area contributed by atoms with Crippen LogP contribution in [0.3, 0.4) is 0 Å². The molecule has 1 heterocycles. The number of hydrogen-bond donors (Lipinski definition) is 2. The first kappa shape index (κ1) is 15.4. The molecule has 1 fully saturated rings. The number of hydrogen-bond acceptors (Lipinski definition) is 4. The van der Waals surface area contributed by atoms with E-state index in [0.717, 1.165) is 38.4 Å². The molecule has 1 aliphatic rings. The van der Waals surface area contributed by atoms with Crippen LogP contribution in [0.25, 0.3) is 0 Å². The van der Waals surface area contributed by atoms with Gasteiger partial charge in [-0.2, -0.15) is 0 Å². The Morgan fingerprint density at radius 1 is 1.40 bits per heavy atom. The van der Waals surface area contributed by atoms with Crippen molar-refractivity contribution in [3.8, 4) is 0 Å². The van der Waals surface area contributed by atoms with Crippen molar-refractivity contribution in [3.05, 3.63) is 35.9 Å². The third-order valence-corrected chi connectivity index (χ3v) is 4.09. The number of nitrogens with one attached hydrogen (secondary N) is 1. The molecule has 0 aliphatic carbocycles. The Balaban J connectivity index is 2.22. The molecule has 0 spiro atoms. The minimum atomic E-state index is -0.401. The van der Waals surface area contributed by atoms with Crippen molar-refractivity contribution >= 4 is 0 Å². The highest BCUT2D eigenvalue weighted by Gasteiger charge is 2.35. The largest absolute Gasteiger partial charge is 0.394 e. The van der Waals surface area contributed by atoms with Gasteiger partial charge in [-0.3, -0.25) is 4.90 Å². The van der Waals surface area contributed by atoms with Crippen LogP contribution in [0.15, 0.2) is 30.3 Å². The van der Waals surface area contributed by atoms with Crippen molar-refractivity contribution < 1.29 is 9.84 Å². The van der Waals surface area contributed by atoms with E-state index < -0.39 is 5.54 Å². The summed E-state index contributed by atoms with van der Waals surface area (Å²) in [4.78, 5) is 2.40. The third kappa shape index (κ3) is 3.38. The first-order chi connectivity index (χ1) is 9.72. The molecular weight excluding hydrogens is 252 g/mol. The third-order valence-electron chi connectivity index (χ3n) is 4.09. The minimum absolute atomic E-state index is 0.0922. The minimum Gasteiger partial charge on any atom is -0.394 e. The van der Waals surface area contributed by atoms with Gasteiger partial charge in [-0.25, -0.2) is 0 Å². The van der Waals surface area contributed by atoms with Crippen molar-refractivity contribution in [1.82, 2.24) is 10.2 Å². The number of aliphatic hydroxyl groups is 1. The van der Waals surface area contributed by atoms with E-state index in [9.17, 15) is 5.11 Å². The van der Waals surface area contributed by atoms with E-state index in [1.807, 2.05) is 18.2 Å². The molecule has 0 radical (unpaired) electrons. The van der Waals surface area contributed by atoms with Crippen molar-refractivity contribution in [1.29, 1.82) is 0 Å². The molecule has 0 aromatic heterocycles. The Bertz CT molecular complexity index is 399. The quantitative estimate of drug-likeness (QED) is 0.821. The summed E-state index contributed by atoms with van der Waals surface area (Å²) in [5.74, 6) is 0. The van der Waals surface area contributed by atoms with E-state index in [-0.39, 0.29) is 6.61 Å². The average Bonchev–Trinajstić information content (AvgIpc) is 2.50. The lowest BCUT2D eigenvalue weighted by Gasteiger charge is -2.42. The monoisotopic (exact) mass is 278 g/mol. The summed E-state index contributed by atoms with van der Waals surface area (Å²) in [7, 11) is 0. The van der Waals surface area contributed by atoms with Crippen LogP contribution in [0.2, 0.25) is 0 Å². The van der Waals surface area contributed by atoms with Gasteiger partial charge in [0.2, 0.25) is 0 Å². The van der Waals surface area contributed by atoms with Gasteiger partial charge in [0, 0.05) is 19.1 Å². The van der Waals surface area contributed by atoms with Crippen LogP contribution in [0.4, 0.5) is 0 Å². The Hall–Kier alpha value is -0.940. The van der Waals surface area contributed by atoms with Crippen molar-refractivity contribution in [2.24, 2.45) is 0 Å². The Morgan fingerprint density at radius 3 is 2.75 bits per heavy atom. The van der Waals surface area contributed by atoms with Crippen LogP contribution in [0.5, 0.6) is 0 Å². The maximum atomic E-state index is 10.1. The predicted molar refractivity (Wildman–Crippen MR) is 80.7 cm³/mol. The molecule has 2 N–H and O–H groups in total. The SMILES string of the molecule is CCNC(CO)(CN1CCOCC1C)c1ccccc1. The summed E-state index contributed by atoms with van der Waals surface area (Å²) in [6.07, 6.45) is 0. The molecule has 1 saturated heterocycles. The first-order valence-corrected chi connectivity index (χ1v) is 7.45. The number of likely N-dealkylation sites (N-methyl/N-ethyl adjacent to an activating group) is 1. The smallest absolute Gasteiger partial charge is 0.0797 e. The highest BCUT2D eigenvalue weighted by Crippen LogP contribution is 2.24. The molecule has 2 atom stereocenters. The summed E-state index contributed by atoms with van der Waals surface area (Å²) in [5, 5.41) is 13.6. The highest BCUT2D eigenvalue weighted by molar-refractivity contribution is 5.25. The number of morpholine rings is 1. The molecule has 4 nitrogen and oxygen atoms in total. The number of rotatable bonds is 6. The Kier molecular flexibility index (Phi) is 5.54. The van der Waals surface area contributed by atoms with E-state index >= 15 is 0 Å². The number of benzene rings is 1. The van der Waals surface area contributed by atoms with Gasteiger partial charge >= 0.3 is 0 Å². The van der Waals surface area contributed by atoms with Crippen LogP contribution in [0.1, 0.15) is 19.4 Å². The van der Waals surface area contributed by atoms with Crippen molar-refractivity contribution in [3.63, 3.8) is 0 Å². The fraction of sp³-hybridized carbons (Fsp3) is 0.625. The van der Waals surface area contributed by atoms with E-state index in [1.165, 1.54) is 0 Å². The lowest BCUT2D eigenvalue weighted by Crippen LogP contribution is -2.57. The molecule has 0 amide bonds. The Morgan fingerprint density at radius 2 is 2.15 bits per heavy atom. The molecule has 0 saturated carbocycles. The van der Waals surface area contributed by atoms with Gasteiger partial charge in [-0.05, 0) is 19.0 Å². The maximum Gasteiger partial charge on any atom is 0.0797 e. The summed E-state index contributed by atoms with van der Waals surface area (Å²) >= 11 is 0. The van der Waals surface area contributed by atoms with Crippen molar-refractivity contribution in [2.45, 2.75) is 25.4 Å². The second-order valence-electron chi connectivity index (χ2n) is 5.53. The molecular formula is C16H26N2O2. The van der Waals surface area contributed by atoms with Gasteiger partial charge in [0.25, 0.3) is 0 Å². The topological polar surface area (TPSA) is 44.7 Å². The number of nitrogens with zero attached hydrogens (tertiary/aromatic N) is 1. The molecule has 20 heavy (non-hydrogen) atoms. The van der Waals surface area contributed by atoms with Gasteiger partial charge in [-0.15, -0.1) is 0 Å². The maximum absolute atomic E-state index is 10.1. The lowest BCUT2D eigenvalue weighted by atomic mass is 9.89. The fourth-order valence-corrected chi connectivity index (χ4v) is 2.89. The molecule has 1 aromatic rings. The number of aliphatic hydroxyl groups excluding tert-OH is 1. The first-order valence-electron chi connectivity index (χ1n) is 7.45. The molecule has 1 aliphatic heterocycles. The van der Waals surface area contributed by atoms with Gasteiger partial charge in [0.05, 0.1) is 25.4 Å². The number of ether oxygens (including phenoxy) is 1.